The summed E-state index contributed by atoms with van der Waals surface area (Å²) in [7, 11) is 3.31. The summed E-state index contributed by atoms with van der Waals surface area (Å²) in [5.41, 5.74) is 3.43. The fourth-order valence-electron chi connectivity index (χ4n) is 3.98. The minimum atomic E-state index is -0.117. The maximum Gasteiger partial charge on any atom is 0.348 e. The number of likely N-dealkylation sites (N-methyl/N-ethyl adjacent to an activating group) is 1. The Morgan fingerprint density at radius 2 is 1.73 bits per heavy atom. The lowest BCUT2D eigenvalue weighted by Gasteiger charge is -2.25. The lowest BCUT2D eigenvalue weighted by molar-refractivity contribution is 0.285. The summed E-state index contributed by atoms with van der Waals surface area (Å²) in [6, 6.07) is 5.88. The molecule has 1 heterocycles. The van der Waals surface area contributed by atoms with Gasteiger partial charge in [-0.15, -0.1) is 11.8 Å². The fourth-order valence-corrected chi connectivity index (χ4v) is 4.99. The van der Waals surface area contributed by atoms with Crippen LogP contribution in [0.1, 0.15) is 43.5 Å². The summed E-state index contributed by atoms with van der Waals surface area (Å²) < 4.78 is 12.7. The molecule has 2 aromatic rings. The van der Waals surface area contributed by atoms with Gasteiger partial charge in [0.05, 0.1) is 14.2 Å². The van der Waals surface area contributed by atoms with Crippen LogP contribution in [0, 0.1) is 0 Å². The Hall–Kier alpha value is -1.99. The Morgan fingerprint density at radius 1 is 1.07 bits per heavy atom. The van der Waals surface area contributed by atoms with E-state index in [2.05, 4.69) is 23.7 Å². The quantitative estimate of drug-likeness (QED) is 0.422. The molecule has 0 fully saturated rings. The van der Waals surface area contributed by atoms with Crippen molar-refractivity contribution in [2.24, 2.45) is 0 Å². The van der Waals surface area contributed by atoms with Crippen LogP contribution in [0.3, 0.4) is 0 Å². The van der Waals surface area contributed by atoms with Gasteiger partial charge in [-0.2, -0.15) is 4.98 Å². The zero-order valence-electron chi connectivity index (χ0n) is 18.6. The van der Waals surface area contributed by atoms with Crippen LogP contribution in [0.4, 0.5) is 0 Å². The standard InChI is InChI=1S/C23H33N3O3S/c1-5-25(6-2)11-12-26-21-10-8-7-9-20(21)22(24-23(26)27)30-16-17-13-18(28-3)15-19(14-17)29-4/h13-15H,5-12,16H2,1-4H3. The van der Waals surface area contributed by atoms with Gasteiger partial charge >= 0.3 is 5.69 Å². The first-order valence-electron chi connectivity index (χ1n) is 10.8. The smallest absolute Gasteiger partial charge is 0.348 e. The first-order valence-corrected chi connectivity index (χ1v) is 11.8. The molecule has 1 aliphatic carbocycles. The maximum absolute atomic E-state index is 12.9. The summed E-state index contributed by atoms with van der Waals surface area (Å²) in [5.74, 6) is 2.26. The Kier molecular flexibility index (Phi) is 8.22. The molecule has 0 spiro atoms. The zero-order valence-corrected chi connectivity index (χ0v) is 19.4. The number of fused-ring (bicyclic) bond motifs is 1. The molecular weight excluding hydrogens is 398 g/mol. The van der Waals surface area contributed by atoms with Crippen molar-refractivity contribution in [2.45, 2.75) is 56.9 Å². The van der Waals surface area contributed by atoms with Gasteiger partial charge in [-0.05, 0) is 56.5 Å². The molecule has 6 nitrogen and oxygen atoms in total. The number of nitrogens with zero attached hydrogens (tertiary/aromatic N) is 3. The molecule has 0 N–H and O–H groups in total. The number of hydrogen-bond acceptors (Lipinski definition) is 6. The van der Waals surface area contributed by atoms with E-state index in [9.17, 15) is 4.79 Å². The third-order valence-electron chi connectivity index (χ3n) is 5.77. The van der Waals surface area contributed by atoms with E-state index in [1.807, 2.05) is 22.8 Å². The normalized spacial score (nSPS) is 13.4. The van der Waals surface area contributed by atoms with Crippen LogP contribution in [0.25, 0.3) is 0 Å². The van der Waals surface area contributed by atoms with E-state index in [4.69, 9.17) is 9.47 Å². The highest BCUT2D eigenvalue weighted by Gasteiger charge is 2.21. The molecule has 1 aromatic carbocycles. The van der Waals surface area contributed by atoms with Gasteiger partial charge < -0.3 is 14.4 Å². The first kappa shape index (κ1) is 22.7. The predicted molar refractivity (Wildman–Crippen MR) is 122 cm³/mol. The summed E-state index contributed by atoms with van der Waals surface area (Å²) in [4.78, 5) is 19.7. The average Bonchev–Trinajstić information content (AvgIpc) is 2.79. The highest BCUT2D eigenvalue weighted by molar-refractivity contribution is 7.98. The molecule has 0 saturated heterocycles. The largest absolute Gasteiger partial charge is 0.497 e. The molecule has 0 radical (unpaired) electrons. The van der Waals surface area contributed by atoms with Gasteiger partial charge in [0.25, 0.3) is 0 Å². The average molecular weight is 432 g/mol. The van der Waals surface area contributed by atoms with Gasteiger partial charge in [0, 0.05) is 36.2 Å². The highest BCUT2D eigenvalue weighted by Crippen LogP contribution is 2.32. The van der Waals surface area contributed by atoms with Crippen molar-refractivity contribution in [2.75, 3.05) is 33.9 Å². The molecule has 0 saturated carbocycles. The molecule has 1 aromatic heterocycles. The van der Waals surface area contributed by atoms with Gasteiger partial charge in [0.2, 0.25) is 0 Å². The van der Waals surface area contributed by atoms with E-state index < -0.39 is 0 Å². The molecule has 1 aliphatic rings. The first-order chi connectivity index (χ1) is 14.6. The minimum Gasteiger partial charge on any atom is -0.497 e. The van der Waals surface area contributed by atoms with E-state index in [1.54, 1.807) is 26.0 Å². The summed E-state index contributed by atoms with van der Waals surface area (Å²) >= 11 is 1.64. The number of rotatable bonds is 10. The monoisotopic (exact) mass is 431 g/mol. The second kappa shape index (κ2) is 10.9. The molecule has 3 rings (SSSR count). The number of thioether (sulfide) groups is 1. The van der Waals surface area contributed by atoms with Gasteiger partial charge in [-0.25, -0.2) is 4.79 Å². The number of aromatic nitrogens is 2. The van der Waals surface area contributed by atoms with E-state index >= 15 is 0 Å². The molecule has 7 heteroatoms. The van der Waals surface area contributed by atoms with E-state index in [-0.39, 0.29) is 5.69 Å². The molecule has 30 heavy (non-hydrogen) atoms. The maximum atomic E-state index is 12.9. The van der Waals surface area contributed by atoms with Crippen LogP contribution in [0.15, 0.2) is 28.0 Å². The van der Waals surface area contributed by atoms with Gasteiger partial charge in [0.15, 0.2) is 0 Å². The third kappa shape index (κ3) is 5.38. The molecule has 0 aliphatic heterocycles. The van der Waals surface area contributed by atoms with Crippen LogP contribution in [0.5, 0.6) is 11.5 Å². The van der Waals surface area contributed by atoms with E-state index in [1.165, 1.54) is 11.3 Å². The van der Waals surface area contributed by atoms with Crippen molar-refractivity contribution in [3.8, 4) is 11.5 Å². The number of ether oxygens (including phenoxy) is 2. The lowest BCUT2D eigenvalue weighted by Crippen LogP contribution is -2.35. The molecule has 0 bridgehead atoms. The molecule has 0 amide bonds. The zero-order chi connectivity index (χ0) is 21.5. The molecule has 0 unspecified atom stereocenters. The number of methoxy groups -OCH3 is 2. The molecular formula is C23H33N3O3S. The Bertz CT molecular complexity index is 887. The van der Waals surface area contributed by atoms with Crippen LogP contribution in [0.2, 0.25) is 0 Å². The topological polar surface area (TPSA) is 56.6 Å². The van der Waals surface area contributed by atoms with Crippen molar-refractivity contribution in [1.29, 1.82) is 0 Å². The molecule has 164 valence electrons. The van der Waals surface area contributed by atoms with Crippen molar-refractivity contribution in [1.82, 2.24) is 14.5 Å². The van der Waals surface area contributed by atoms with Gasteiger partial charge in [-0.3, -0.25) is 4.57 Å². The van der Waals surface area contributed by atoms with E-state index in [0.717, 1.165) is 73.2 Å². The lowest BCUT2D eigenvalue weighted by atomic mass is 9.97. The van der Waals surface area contributed by atoms with Crippen LogP contribution in [-0.2, 0) is 25.1 Å². The Morgan fingerprint density at radius 3 is 2.37 bits per heavy atom. The van der Waals surface area contributed by atoms with Gasteiger partial charge in [0.1, 0.15) is 16.5 Å². The Labute approximate surface area is 183 Å². The van der Waals surface area contributed by atoms with Crippen LogP contribution >= 0.6 is 11.8 Å². The summed E-state index contributed by atoms with van der Waals surface area (Å²) in [6.45, 7) is 7.92. The number of benzene rings is 1. The van der Waals surface area contributed by atoms with Crippen LogP contribution in [-0.4, -0.2) is 48.3 Å². The van der Waals surface area contributed by atoms with Gasteiger partial charge in [-0.1, -0.05) is 13.8 Å². The Balaban J connectivity index is 1.84. The number of hydrogen-bond donors (Lipinski definition) is 0. The van der Waals surface area contributed by atoms with Crippen molar-refractivity contribution >= 4 is 11.8 Å². The second-order valence-electron chi connectivity index (χ2n) is 7.52. The van der Waals surface area contributed by atoms with E-state index in [0.29, 0.717) is 6.54 Å². The summed E-state index contributed by atoms with van der Waals surface area (Å²) in [5, 5.41) is 0.885. The third-order valence-corrected chi connectivity index (χ3v) is 6.86. The molecule has 0 atom stereocenters. The summed E-state index contributed by atoms with van der Waals surface area (Å²) in [6.07, 6.45) is 4.26. The van der Waals surface area contributed by atoms with Crippen molar-refractivity contribution in [3.05, 3.63) is 45.5 Å². The predicted octanol–water partition coefficient (Wildman–Crippen LogP) is 3.77. The van der Waals surface area contributed by atoms with Crippen LogP contribution < -0.4 is 15.2 Å². The fraction of sp³-hybridized carbons (Fsp3) is 0.565. The second-order valence-corrected chi connectivity index (χ2v) is 8.48. The highest BCUT2D eigenvalue weighted by atomic mass is 32.2. The van der Waals surface area contributed by atoms with Crippen molar-refractivity contribution < 1.29 is 9.47 Å². The minimum absolute atomic E-state index is 0.117. The SMILES string of the molecule is CCN(CC)CCn1c2c(c(SCc3cc(OC)cc(OC)c3)nc1=O)CCCC2. The van der Waals surface area contributed by atoms with Crippen molar-refractivity contribution in [3.63, 3.8) is 0 Å².